The largest absolute Gasteiger partial charge is 0.453 e. The average molecular weight is 380 g/mol. The summed E-state index contributed by atoms with van der Waals surface area (Å²) in [5.41, 5.74) is 1.52. The summed E-state index contributed by atoms with van der Waals surface area (Å²) in [5.74, 6) is -1.87. The van der Waals surface area contributed by atoms with Crippen molar-refractivity contribution < 1.29 is 18.0 Å². The highest BCUT2D eigenvalue weighted by molar-refractivity contribution is 7.14. The number of alkyl halides is 3. The SMILES string of the molecule is Cc1nc2nc(C(F)(F)F)nn2c(C)c1CC(=O)Nc1sccc1C#N. The molecule has 0 aliphatic carbocycles. The molecular formula is C15H11F3N6OS. The van der Waals surface area contributed by atoms with E-state index in [1.54, 1.807) is 25.3 Å². The highest BCUT2D eigenvalue weighted by Gasteiger charge is 2.37. The Kier molecular flexibility index (Phi) is 4.37. The van der Waals surface area contributed by atoms with Gasteiger partial charge in [-0.1, -0.05) is 0 Å². The van der Waals surface area contributed by atoms with Crippen LogP contribution in [0.15, 0.2) is 11.4 Å². The molecule has 3 heterocycles. The van der Waals surface area contributed by atoms with Crippen molar-refractivity contribution in [2.75, 3.05) is 5.32 Å². The minimum absolute atomic E-state index is 0.120. The van der Waals surface area contributed by atoms with E-state index >= 15 is 0 Å². The van der Waals surface area contributed by atoms with E-state index in [1.165, 1.54) is 11.3 Å². The number of hydrogen-bond donors (Lipinski definition) is 1. The maximum absolute atomic E-state index is 12.8. The normalized spacial score (nSPS) is 11.5. The summed E-state index contributed by atoms with van der Waals surface area (Å²) in [5, 5.41) is 17.1. The minimum atomic E-state index is -4.68. The molecule has 0 radical (unpaired) electrons. The lowest BCUT2D eigenvalue weighted by atomic mass is 10.1. The Hall–Kier alpha value is -3.00. The predicted molar refractivity (Wildman–Crippen MR) is 86.6 cm³/mol. The topological polar surface area (TPSA) is 96.0 Å². The molecule has 26 heavy (non-hydrogen) atoms. The number of hydrogen-bond acceptors (Lipinski definition) is 6. The van der Waals surface area contributed by atoms with Crippen molar-refractivity contribution in [3.8, 4) is 6.07 Å². The van der Waals surface area contributed by atoms with Gasteiger partial charge in [0.15, 0.2) is 0 Å². The molecule has 3 aromatic heterocycles. The fraction of sp³-hybridized carbons (Fsp3) is 0.267. The van der Waals surface area contributed by atoms with Gasteiger partial charge in [-0.25, -0.2) is 9.50 Å². The number of anilines is 1. The number of aromatic nitrogens is 4. The van der Waals surface area contributed by atoms with Crippen LogP contribution in [0.1, 0.15) is 28.3 Å². The highest BCUT2D eigenvalue weighted by atomic mass is 32.1. The molecule has 0 saturated carbocycles. The van der Waals surface area contributed by atoms with Crippen LogP contribution in [-0.4, -0.2) is 25.5 Å². The number of nitrogens with one attached hydrogen (secondary N) is 1. The fourth-order valence-corrected chi connectivity index (χ4v) is 3.16. The zero-order chi connectivity index (χ0) is 19.1. The second kappa shape index (κ2) is 6.38. The lowest BCUT2D eigenvalue weighted by Gasteiger charge is -2.10. The molecule has 0 fully saturated rings. The standard InChI is InChI=1S/C15H11F3N6OS/c1-7-10(5-11(25)21-12-9(6-19)3-4-26-12)8(2)24-14(20-7)22-13(23-24)15(16,17)18/h3-4H,5H2,1-2H3,(H,21,25). The van der Waals surface area contributed by atoms with Gasteiger partial charge in [0.1, 0.15) is 11.1 Å². The van der Waals surface area contributed by atoms with Crippen LogP contribution in [0, 0.1) is 25.2 Å². The van der Waals surface area contributed by atoms with Crippen molar-refractivity contribution in [1.82, 2.24) is 19.6 Å². The summed E-state index contributed by atoms with van der Waals surface area (Å²) >= 11 is 1.21. The molecule has 3 rings (SSSR count). The summed E-state index contributed by atoms with van der Waals surface area (Å²) in [6.07, 6.45) is -4.80. The molecule has 1 amide bonds. The summed E-state index contributed by atoms with van der Waals surface area (Å²) in [6, 6.07) is 3.54. The number of halogens is 3. The Bertz CT molecular complexity index is 1050. The first-order valence-corrected chi connectivity index (χ1v) is 8.16. The van der Waals surface area contributed by atoms with E-state index in [0.717, 1.165) is 4.52 Å². The zero-order valence-corrected chi connectivity index (χ0v) is 14.4. The molecule has 134 valence electrons. The van der Waals surface area contributed by atoms with Crippen molar-refractivity contribution in [1.29, 1.82) is 5.26 Å². The molecule has 0 saturated heterocycles. The molecule has 0 aliphatic rings. The number of nitriles is 1. The molecule has 0 spiro atoms. The van der Waals surface area contributed by atoms with Crippen molar-refractivity contribution in [3.63, 3.8) is 0 Å². The summed E-state index contributed by atoms with van der Waals surface area (Å²) in [4.78, 5) is 19.7. The van der Waals surface area contributed by atoms with E-state index in [0.29, 0.717) is 27.5 Å². The molecule has 0 unspecified atom stereocenters. The molecule has 1 N–H and O–H groups in total. The van der Waals surface area contributed by atoms with Crippen molar-refractivity contribution in [3.05, 3.63) is 39.8 Å². The molecule has 3 aromatic rings. The van der Waals surface area contributed by atoms with Crippen LogP contribution < -0.4 is 5.32 Å². The molecule has 7 nitrogen and oxygen atoms in total. The predicted octanol–water partition coefficient (Wildman–Crippen LogP) is 2.87. The molecule has 0 aliphatic heterocycles. The van der Waals surface area contributed by atoms with Gasteiger partial charge in [0.2, 0.25) is 5.91 Å². The zero-order valence-electron chi connectivity index (χ0n) is 13.5. The van der Waals surface area contributed by atoms with Crippen LogP contribution in [-0.2, 0) is 17.4 Å². The first kappa shape index (κ1) is 17.8. The van der Waals surface area contributed by atoms with E-state index < -0.39 is 17.9 Å². The van der Waals surface area contributed by atoms with Crippen molar-refractivity contribution in [2.24, 2.45) is 0 Å². The maximum atomic E-state index is 12.8. The van der Waals surface area contributed by atoms with E-state index in [4.69, 9.17) is 5.26 Å². The number of carbonyl (C=O) groups excluding carboxylic acids is 1. The highest BCUT2D eigenvalue weighted by Crippen LogP contribution is 2.27. The van der Waals surface area contributed by atoms with Crippen molar-refractivity contribution in [2.45, 2.75) is 26.4 Å². The summed E-state index contributed by atoms with van der Waals surface area (Å²) < 4.78 is 39.4. The first-order valence-electron chi connectivity index (χ1n) is 7.28. The second-order valence-corrected chi connectivity index (χ2v) is 6.32. The fourth-order valence-electron chi connectivity index (χ4n) is 2.41. The van der Waals surface area contributed by atoms with E-state index in [9.17, 15) is 18.0 Å². The van der Waals surface area contributed by atoms with Crippen LogP contribution in [0.2, 0.25) is 0 Å². The molecule has 0 aromatic carbocycles. The molecule has 0 bridgehead atoms. The Morgan fingerprint density at radius 3 is 2.77 bits per heavy atom. The van der Waals surface area contributed by atoms with Gasteiger partial charge in [-0.05, 0) is 25.3 Å². The number of aryl methyl sites for hydroxylation is 2. The van der Waals surface area contributed by atoms with Crippen LogP contribution in [0.4, 0.5) is 18.2 Å². The van der Waals surface area contributed by atoms with Gasteiger partial charge in [0.25, 0.3) is 11.6 Å². The summed E-state index contributed by atoms with van der Waals surface area (Å²) in [7, 11) is 0. The van der Waals surface area contributed by atoms with Gasteiger partial charge in [-0.3, -0.25) is 4.79 Å². The molecular weight excluding hydrogens is 369 g/mol. The third kappa shape index (κ3) is 3.23. The van der Waals surface area contributed by atoms with Crippen LogP contribution in [0.3, 0.4) is 0 Å². The number of fused-ring (bicyclic) bond motifs is 1. The number of carbonyl (C=O) groups is 1. The quantitative estimate of drug-likeness (QED) is 0.754. The number of rotatable bonds is 3. The van der Waals surface area contributed by atoms with Gasteiger partial charge in [-0.2, -0.15) is 23.4 Å². The van der Waals surface area contributed by atoms with Gasteiger partial charge < -0.3 is 5.32 Å². The average Bonchev–Trinajstić information content (AvgIpc) is 3.17. The molecule has 11 heteroatoms. The van der Waals surface area contributed by atoms with Gasteiger partial charge in [-0.15, -0.1) is 16.4 Å². The maximum Gasteiger partial charge on any atom is 0.453 e. The third-order valence-electron chi connectivity index (χ3n) is 3.68. The van der Waals surface area contributed by atoms with E-state index in [1.807, 2.05) is 6.07 Å². The van der Waals surface area contributed by atoms with E-state index in [-0.39, 0.29) is 12.2 Å². The van der Waals surface area contributed by atoms with Gasteiger partial charge in [0, 0.05) is 17.0 Å². The van der Waals surface area contributed by atoms with Crippen LogP contribution >= 0.6 is 11.3 Å². The second-order valence-electron chi connectivity index (χ2n) is 5.41. The number of thiophene rings is 1. The third-order valence-corrected chi connectivity index (χ3v) is 4.51. The Balaban J connectivity index is 1.92. The van der Waals surface area contributed by atoms with Gasteiger partial charge >= 0.3 is 6.18 Å². The first-order chi connectivity index (χ1) is 12.2. The van der Waals surface area contributed by atoms with Crippen molar-refractivity contribution >= 4 is 28.0 Å². The lowest BCUT2D eigenvalue weighted by Crippen LogP contribution is -2.17. The minimum Gasteiger partial charge on any atom is -0.316 e. The summed E-state index contributed by atoms with van der Waals surface area (Å²) in [6.45, 7) is 3.13. The smallest absolute Gasteiger partial charge is 0.316 e. The van der Waals surface area contributed by atoms with Gasteiger partial charge in [0.05, 0.1) is 12.0 Å². The van der Waals surface area contributed by atoms with Crippen LogP contribution in [0.5, 0.6) is 0 Å². The number of amides is 1. The molecule has 0 atom stereocenters. The number of nitrogens with zero attached hydrogens (tertiary/aromatic N) is 5. The Morgan fingerprint density at radius 1 is 1.38 bits per heavy atom. The monoisotopic (exact) mass is 380 g/mol. The Labute approximate surface area is 149 Å². The Morgan fingerprint density at radius 2 is 2.12 bits per heavy atom. The lowest BCUT2D eigenvalue weighted by molar-refractivity contribution is -0.144. The van der Waals surface area contributed by atoms with Crippen LogP contribution in [0.25, 0.3) is 5.78 Å². The van der Waals surface area contributed by atoms with E-state index in [2.05, 4.69) is 20.4 Å².